The van der Waals surface area contributed by atoms with E-state index in [1.54, 1.807) is 0 Å². The Morgan fingerprint density at radius 2 is 2.00 bits per heavy atom. The van der Waals surface area contributed by atoms with Crippen LogP contribution in [0.5, 0.6) is 0 Å². The van der Waals surface area contributed by atoms with Gasteiger partial charge in [0.15, 0.2) is 0 Å². The molecule has 1 saturated carbocycles. The highest BCUT2D eigenvalue weighted by Gasteiger charge is 2.20. The summed E-state index contributed by atoms with van der Waals surface area (Å²) in [7, 11) is 2.12. The van der Waals surface area contributed by atoms with Gasteiger partial charge in [0.2, 0.25) is 0 Å². The van der Waals surface area contributed by atoms with E-state index in [9.17, 15) is 0 Å². The molecule has 3 heteroatoms. The fraction of sp³-hybridized carbons (Fsp3) is 0.625. The lowest BCUT2D eigenvalue weighted by Gasteiger charge is -2.30. The first-order chi connectivity index (χ1) is 8.99. The predicted octanol–water partition coefficient (Wildman–Crippen LogP) is 4.07. The van der Waals surface area contributed by atoms with Crippen LogP contribution in [0.3, 0.4) is 0 Å². The second-order valence-electron chi connectivity index (χ2n) is 6.04. The third-order valence-corrected chi connectivity index (χ3v) is 4.44. The number of anilines is 1. The molecule has 2 rings (SSSR count). The lowest BCUT2D eigenvalue weighted by molar-refractivity contribution is 0.505. The maximum atomic E-state index is 6.43. The fourth-order valence-electron chi connectivity index (χ4n) is 2.16. The summed E-state index contributed by atoms with van der Waals surface area (Å²) in [4.78, 5) is 2.27. The van der Waals surface area contributed by atoms with Gasteiger partial charge in [-0.3, -0.25) is 0 Å². The Kier molecular flexibility index (Phi) is 4.75. The van der Waals surface area contributed by atoms with Crippen molar-refractivity contribution >= 4 is 17.3 Å². The third-order valence-electron chi connectivity index (χ3n) is 4.14. The number of benzene rings is 1. The number of nitrogens with one attached hydrogen (secondary N) is 1. The molecule has 1 aliphatic rings. The molecule has 1 aromatic carbocycles. The van der Waals surface area contributed by atoms with E-state index in [-0.39, 0.29) is 0 Å². The summed E-state index contributed by atoms with van der Waals surface area (Å²) in [6.45, 7) is 7.64. The molecule has 0 saturated heterocycles. The molecule has 0 radical (unpaired) electrons. The zero-order valence-electron chi connectivity index (χ0n) is 12.4. The Labute approximate surface area is 122 Å². The molecule has 1 unspecified atom stereocenters. The van der Waals surface area contributed by atoms with E-state index in [0.29, 0.717) is 12.0 Å². The monoisotopic (exact) mass is 280 g/mol. The SMILES string of the molecule is CC(C)C(C)N(C)c1ccc(CNC2CC2)cc1Cl. The van der Waals surface area contributed by atoms with Gasteiger partial charge >= 0.3 is 0 Å². The van der Waals surface area contributed by atoms with Gasteiger partial charge in [-0.15, -0.1) is 0 Å². The molecule has 0 spiro atoms. The topological polar surface area (TPSA) is 15.3 Å². The van der Waals surface area contributed by atoms with Gasteiger partial charge in [-0.2, -0.15) is 0 Å². The molecule has 1 aliphatic carbocycles. The predicted molar refractivity (Wildman–Crippen MR) is 84.0 cm³/mol. The van der Waals surface area contributed by atoms with E-state index >= 15 is 0 Å². The van der Waals surface area contributed by atoms with Crippen LogP contribution < -0.4 is 10.2 Å². The highest BCUT2D eigenvalue weighted by Crippen LogP contribution is 2.29. The van der Waals surface area contributed by atoms with E-state index in [4.69, 9.17) is 11.6 Å². The van der Waals surface area contributed by atoms with Crippen LogP contribution in [0.25, 0.3) is 0 Å². The number of nitrogens with zero attached hydrogens (tertiary/aromatic N) is 1. The van der Waals surface area contributed by atoms with E-state index < -0.39 is 0 Å². The molecule has 0 aliphatic heterocycles. The van der Waals surface area contributed by atoms with Crippen molar-refractivity contribution in [1.82, 2.24) is 5.32 Å². The molecule has 1 N–H and O–H groups in total. The number of hydrogen-bond donors (Lipinski definition) is 1. The molecule has 1 atom stereocenters. The van der Waals surface area contributed by atoms with Gasteiger partial charge in [-0.1, -0.05) is 31.5 Å². The quantitative estimate of drug-likeness (QED) is 0.845. The van der Waals surface area contributed by atoms with Crippen molar-refractivity contribution in [2.75, 3.05) is 11.9 Å². The highest BCUT2D eigenvalue weighted by atomic mass is 35.5. The molecule has 0 aromatic heterocycles. The van der Waals surface area contributed by atoms with Crippen LogP contribution in [0.1, 0.15) is 39.2 Å². The summed E-state index contributed by atoms with van der Waals surface area (Å²) < 4.78 is 0. The number of hydrogen-bond acceptors (Lipinski definition) is 2. The van der Waals surface area contributed by atoms with Gasteiger partial charge in [0.1, 0.15) is 0 Å². The molecule has 0 heterocycles. The zero-order valence-corrected chi connectivity index (χ0v) is 13.2. The molecule has 1 aromatic rings. The number of rotatable bonds is 6. The summed E-state index contributed by atoms with van der Waals surface area (Å²) in [6, 6.07) is 7.64. The average molecular weight is 281 g/mol. The van der Waals surface area contributed by atoms with Crippen LogP contribution >= 0.6 is 11.6 Å². The van der Waals surface area contributed by atoms with E-state index in [1.807, 2.05) is 0 Å². The largest absolute Gasteiger partial charge is 0.370 e. The summed E-state index contributed by atoms with van der Waals surface area (Å²) >= 11 is 6.43. The standard InChI is InChI=1S/C16H25ClN2/c1-11(2)12(3)19(4)16-8-5-13(9-15(16)17)10-18-14-6-7-14/h5,8-9,11-12,14,18H,6-7,10H2,1-4H3. The minimum atomic E-state index is 0.480. The van der Waals surface area contributed by atoms with Gasteiger partial charge in [0.05, 0.1) is 10.7 Å². The molecule has 1 fully saturated rings. The van der Waals surface area contributed by atoms with Crippen molar-refractivity contribution in [3.8, 4) is 0 Å². The maximum absolute atomic E-state index is 6.43. The van der Waals surface area contributed by atoms with Crippen LogP contribution in [0.4, 0.5) is 5.69 Å². The molecule has 0 amide bonds. The normalized spacial score (nSPS) is 16.7. The molecule has 2 nitrogen and oxygen atoms in total. The van der Waals surface area contributed by atoms with E-state index in [0.717, 1.165) is 23.3 Å². The Morgan fingerprint density at radius 3 is 2.53 bits per heavy atom. The van der Waals surface area contributed by atoms with E-state index in [2.05, 4.69) is 56.2 Å². The third kappa shape index (κ3) is 3.87. The van der Waals surface area contributed by atoms with Gasteiger partial charge < -0.3 is 10.2 Å². The van der Waals surface area contributed by atoms with Crippen LogP contribution in [0.15, 0.2) is 18.2 Å². The summed E-state index contributed by atoms with van der Waals surface area (Å²) in [6.07, 6.45) is 2.64. The lowest BCUT2D eigenvalue weighted by Crippen LogP contribution is -2.33. The molecule has 19 heavy (non-hydrogen) atoms. The lowest BCUT2D eigenvalue weighted by atomic mass is 10.0. The number of halogens is 1. The molecular formula is C16H25ClN2. The summed E-state index contributed by atoms with van der Waals surface area (Å²) in [5.41, 5.74) is 2.39. The van der Waals surface area contributed by atoms with E-state index in [1.165, 1.54) is 18.4 Å². The van der Waals surface area contributed by atoms with Crippen LogP contribution in [-0.4, -0.2) is 19.1 Å². The highest BCUT2D eigenvalue weighted by molar-refractivity contribution is 6.33. The van der Waals surface area contributed by atoms with Crippen molar-refractivity contribution in [1.29, 1.82) is 0 Å². The minimum absolute atomic E-state index is 0.480. The zero-order chi connectivity index (χ0) is 14.0. The van der Waals surface area contributed by atoms with Crippen molar-refractivity contribution in [3.05, 3.63) is 28.8 Å². The smallest absolute Gasteiger partial charge is 0.0642 e. The Balaban J connectivity index is 2.04. The Bertz CT molecular complexity index is 427. The van der Waals surface area contributed by atoms with Crippen molar-refractivity contribution in [2.45, 2.75) is 52.2 Å². The van der Waals surface area contributed by atoms with Crippen molar-refractivity contribution in [2.24, 2.45) is 5.92 Å². The fourth-order valence-corrected chi connectivity index (χ4v) is 2.50. The van der Waals surface area contributed by atoms with Crippen molar-refractivity contribution < 1.29 is 0 Å². The Hall–Kier alpha value is -0.730. The van der Waals surface area contributed by atoms with Crippen LogP contribution in [-0.2, 0) is 6.54 Å². The first-order valence-corrected chi connectivity index (χ1v) is 7.61. The summed E-state index contributed by atoms with van der Waals surface area (Å²) in [5.74, 6) is 0.609. The first-order valence-electron chi connectivity index (χ1n) is 7.23. The average Bonchev–Trinajstić information content (AvgIpc) is 3.18. The maximum Gasteiger partial charge on any atom is 0.0642 e. The van der Waals surface area contributed by atoms with Crippen LogP contribution in [0.2, 0.25) is 5.02 Å². The molecule has 0 bridgehead atoms. The second kappa shape index (κ2) is 6.15. The van der Waals surface area contributed by atoms with Gasteiger partial charge in [-0.25, -0.2) is 0 Å². The minimum Gasteiger partial charge on any atom is -0.370 e. The van der Waals surface area contributed by atoms with Gasteiger partial charge in [0, 0.05) is 25.7 Å². The molecule has 106 valence electrons. The molecular weight excluding hydrogens is 256 g/mol. The van der Waals surface area contributed by atoms with Gasteiger partial charge in [-0.05, 0) is 43.4 Å². The Morgan fingerprint density at radius 1 is 1.32 bits per heavy atom. The van der Waals surface area contributed by atoms with Gasteiger partial charge in [0.25, 0.3) is 0 Å². The second-order valence-corrected chi connectivity index (χ2v) is 6.44. The first kappa shape index (κ1) is 14.7. The summed E-state index contributed by atoms with van der Waals surface area (Å²) in [5, 5.41) is 4.37. The van der Waals surface area contributed by atoms with Crippen LogP contribution in [0, 0.1) is 5.92 Å². The van der Waals surface area contributed by atoms with Crippen molar-refractivity contribution in [3.63, 3.8) is 0 Å².